The molecular formula is C24H27N3O4. The zero-order valence-electron chi connectivity index (χ0n) is 17.8. The van der Waals surface area contributed by atoms with E-state index in [9.17, 15) is 9.59 Å². The number of likely N-dealkylation sites (tertiary alicyclic amines) is 1. The van der Waals surface area contributed by atoms with Gasteiger partial charge in [-0.2, -0.15) is 0 Å². The summed E-state index contributed by atoms with van der Waals surface area (Å²) < 4.78 is 12.9. The lowest BCUT2D eigenvalue weighted by Crippen LogP contribution is -2.39. The van der Waals surface area contributed by atoms with E-state index in [1.807, 2.05) is 36.4 Å². The second-order valence-corrected chi connectivity index (χ2v) is 7.91. The molecule has 2 heterocycles. The van der Waals surface area contributed by atoms with Gasteiger partial charge in [-0.25, -0.2) is 4.79 Å². The summed E-state index contributed by atoms with van der Waals surface area (Å²) in [6.45, 7) is 4.32. The van der Waals surface area contributed by atoms with Gasteiger partial charge >= 0.3 is 5.69 Å². The van der Waals surface area contributed by atoms with E-state index in [4.69, 9.17) is 9.47 Å². The minimum absolute atomic E-state index is 0.113. The summed E-state index contributed by atoms with van der Waals surface area (Å²) in [5.74, 6) is 2.28. The van der Waals surface area contributed by atoms with Crippen LogP contribution in [0.3, 0.4) is 0 Å². The first-order valence-corrected chi connectivity index (χ1v) is 10.5. The third-order valence-electron chi connectivity index (χ3n) is 5.68. The summed E-state index contributed by atoms with van der Waals surface area (Å²) >= 11 is 0. The summed E-state index contributed by atoms with van der Waals surface area (Å²) in [5, 5.41) is 0. The van der Waals surface area contributed by atoms with E-state index in [0.717, 1.165) is 49.7 Å². The lowest BCUT2D eigenvalue weighted by atomic mass is 10.0. The quantitative estimate of drug-likeness (QED) is 0.659. The van der Waals surface area contributed by atoms with Crippen molar-refractivity contribution in [2.75, 3.05) is 20.2 Å². The van der Waals surface area contributed by atoms with Crippen molar-refractivity contribution < 1.29 is 9.47 Å². The fourth-order valence-electron chi connectivity index (χ4n) is 3.98. The molecular weight excluding hydrogens is 394 g/mol. The molecule has 2 aromatic carbocycles. The van der Waals surface area contributed by atoms with Gasteiger partial charge in [0.15, 0.2) is 0 Å². The van der Waals surface area contributed by atoms with Crippen molar-refractivity contribution in [3.8, 4) is 17.2 Å². The Labute approximate surface area is 180 Å². The lowest BCUT2D eigenvalue weighted by molar-refractivity contribution is 0.176. The Hall–Kier alpha value is -3.32. The van der Waals surface area contributed by atoms with Crippen LogP contribution < -0.4 is 20.7 Å². The topological polar surface area (TPSA) is 76.6 Å². The van der Waals surface area contributed by atoms with Crippen molar-refractivity contribution in [3.05, 3.63) is 86.7 Å². The number of ether oxygens (including phenoxy) is 2. The van der Waals surface area contributed by atoms with E-state index in [-0.39, 0.29) is 17.3 Å². The maximum atomic E-state index is 12.2. The molecule has 1 aliphatic heterocycles. The molecule has 31 heavy (non-hydrogen) atoms. The highest BCUT2D eigenvalue weighted by Crippen LogP contribution is 2.27. The lowest BCUT2D eigenvalue weighted by Gasteiger charge is -2.32. The van der Waals surface area contributed by atoms with E-state index >= 15 is 0 Å². The summed E-state index contributed by atoms with van der Waals surface area (Å²) in [4.78, 5) is 28.6. The minimum Gasteiger partial charge on any atom is -0.497 e. The van der Waals surface area contributed by atoms with Crippen molar-refractivity contribution in [1.29, 1.82) is 0 Å². The van der Waals surface area contributed by atoms with Gasteiger partial charge in [0, 0.05) is 43.5 Å². The molecule has 1 aliphatic rings. The summed E-state index contributed by atoms with van der Waals surface area (Å²) in [5.41, 5.74) is 1.11. The van der Waals surface area contributed by atoms with E-state index in [0.29, 0.717) is 5.56 Å². The predicted molar refractivity (Wildman–Crippen MR) is 119 cm³/mol. The number of aryl methyl sites for hydroxylation is 1. The monoisotopic (exact) mass is 421 g/mol. The Bertz CT molecular complexity index is 1160. The molecule has 0 saturated carbocycles. The van der Waals surface area contributed by atoms with Crippen molar-refractivity contribution >= 4 is 0 Å². The Morgan fingerprint density at radius 3 is 2.42 bits per heavy atom. The zero-order chi connectivity index (χ0) is 21.8. The molecule has 0 atom stereocenters. The van der Waals surface area contributed by atoms with Crippen LogP contribution in [0.2, 0.25) is 0 Å². The molecule has 0 unspecified atom stereocenters. The molecule has 0 radical (unpaired) electrons. The molecule has 0 amide bonds. The van der Waals surface area contributed by atoms with Gasteiger partial charge in [-0.15, -0.1) is 0 Å². The number of hydrogen-bond donors (Lipinski definition) is 1. The van der Waals surface area contributed by atoms with Crippen LogP contribution in [-0.2, 0) is 6.54 Å². The number of methoxy groups -OCH3 is 1. The highest BCUT2D eigenvalue weighted by atomic mass is 16.5. The Balaban J connectivity index is 1.38. The number of aromatic amines is 1. The third-order valence-corrected chi connectivity index (χ3v) is 5.68. The van der Waals surface area contributed by atoms with Crippen LogP contribution in [0, 0.1) is 6.92 Å². The van der Waals surface area contributed by atoms with Gasteiger partial charge in [0.25, 0.3) is 5.56 Å². The average molecular weight is 421 g/mol. The summed E-state index contributed by atoms with van der Waals surface area (Å²) in [6, 6.07) is 15.8. The number of aromatic nitrogens is 2. The minimum atomic E-state index is -0.323. The van der Waals surface area contributed by atoms with Crippen LogP contribution in [0.4, 0.5) is 0 Å². The van der Waals surface area contributed by atoms with E-state index in [2.05, 4.69) is 22.0 Å². The van der Waals surface area contributed by atoms with Crippen molar-refractivity contribution in [2.24, 2.45) is 0 Å². The molecule has 1 fully saturated rings. The van der Waals surface area contributed by atoms with Crippen LogP contribution in [0.15, 0.2) is 64.3 Å². The fraction of sp³-hybridized carbons (Fsp3) is 0.333. The third kappa shape index (κ3) is 5.06. The standard InChI is InChI=1S/C24H27N3O4/c1-17-15-27(24(29)25-23(17)28)19-9-11-26(12-10-19)16-18-5-3-7-21(13-18)31-22-8-4-6-20(14-22)30-2/h3-8,13-15,19H,9-12,16H2,1-2H3,(H,25,28,29). The number of piperidine rings is 1. The van der Waals surface area contributed by atoms with Crippen LogP contribution in [0.5, 0.6) is 17.2 Å². The van der Waals surface area contributed by atoms with Gasteiger partial charge in [-0.05, 0) is 49.6 Å². The first-order valence-electron chi connectivity index (χ1n) is 10.5. The van der Waals surface area contributed by atoms with Gasteiger partial charge in [0.1, 0.15) is 17.2 Å². The molecule has 4 rings (SSSR count). The molecule has 7 nitrogen and oxygen atoms in total. The maximum Gasteiger partial charge on any atom is 0.328 e. The molecule has 1 saturated heterocycles. The number of nitrogens with one attached hydrogen (secondary N) is 1. The number of rotatable bonds is 6. The van der Waals surface area contributed by atoms with Gasteiger partial charge < -0.3 is 9.47 Å². The van der Waals surface area contributed by atoms with Crippen LogP contribution >= 0.6 is 0 Å². The molecule has 1 N–H and O–H groups in total. The van der Waals surface area contributed by atoms with Crippen LogP contribution in [-0.4, -0.2) is 34.7 Å². The Morgan fingerprint density at radius 2 is 1.68 bits per heavy atom. The normalized spacial score (nSPS) is 15.0. The largest absolute Gasteiger partial charge is 0.497 e. The number of hydrogen-bond acceptors (Lipinski definition) is 5. The first kappa shape index (κ1) is 20.9. The van der Waals surface area contributed by atoms with Crippen molar-refractivity contribution in [3.63, 3.8) is 0 Å². The zero-order valence-corrected chi connectivity index (χ0v) is 17.8. The molecule has 0 spiro atoms. The Morgan fingerprint density at radius 1 is 1.00 bits per heavy atom. The van der Waals surface area contributed by atoms with Crippen molar-refractivity contribution in [2.45, 2.75) is 32.4 Å². The van der Waals surface area contributed by atoms with Gasteiger partial charge in [-0.1, -0.05) is 18.2 Å². The smallest absolute Gasteiger partial charge is 0.328 e. The first-order chi connectivity index (χ1) is 15.0. The molecule has 7 heteroatoms. The number of nitrogens with zero attached hydrogens (tertiary/aromatic N) is 2. The average Bonchev–Trinajstić information content (AvgIpc) is 2.77. The van der Waals surface area contributed by atoms with Gasteiger partial charge in [0.05, 0.1) is 7.11 Å². The van der Waals surface area contributed by atoms with Crippen molar-refractivity contribution in [1.82, 2.24) is 14.5 Å². The van der Waals surface area contributed by atoms with Gasteiger partial charge in [0.2, 0.25) is 0 Å². The Kier molecular flexibility index (Phi) is 6.23. The van der Waals surface area contributed by atoms with Crippen LogP contribution in [0.25, 0.3) is 0 Å². The van der Waals surface area contributed by atoms with Crippen LogP contribution in [0.1, 0.15) is 30.0 Å². The molecule has 1 aromatic heterocycles. The molecule has 0 aliphatic carbocycles. The fourth-order valence-corrected chi connectivity index (χ4v) is 3.98. The van der Waals surface area contributed by atoms with E-state index in [1.54, 1.807) is 24.8 Å². The molecule has 162 valence electrons. The highest BCUT2D eigenvalue weighted by molar-refractivity contribution is 5.38. The second-order valence-electron chi connectivity index (χ2n) is 7.91. The SMILES string of the molecule is COc1cccc(Oc2cccc(CN3CCC(n4cc(C)c(=O)[nH]c4=O)CC3)c2)c1. The van der Waals surface area contributed by atoms with E-state index in [1.165, 1.54) is 5.56 Å². The summed E-state index contributed by atoms with van der Waals surface area (Å²) in [6.07, 6.45) is 3.41. The highest BCUT2D eigenvalue weighted by Gasteiger charge is 2.22. The van der Waals surface area contributed by atoms with E-state index < -0.39 is 0 Å². The number of benzene rings is 2. The molecule has 3 aromatic rings. The summed E-state index contributed by atoms with van der Waals surface area (Å²) in [7, 11) is 1.64. The predicted octanol–water partition coefficient (Wildman–Crippen LogP) is 3.48. The van der Waals surface area contributed by atoms with Gasteiger partial charge in [-0.3, -0.25) is 19.2 Å². The maximum absolute atomic E-state index is 12.2. The number of H-pyrrole nitrogens is 1. The second kappa shape index (κ2) is 9.22. The molecule has 0 bridgehead atoms.